The number of nitrogens with one attached hydrogen (secondary N) is 1. The molecule has 29 heavy (non-hydrogen) atoms. The third kappa shape index (κ3) is 6.28. The molecular weight excluding hydrogens is 396 g/mol. The van der Waals surface area contributed by atoms with Crippen molar-refractivity contribution < 1.29 is 18.3 Å². The number of amides is 1. The van der Waals surface area contributed by atoms with Crippen molar-refractivity contribution in [2.24, 2.45) is 5.73 Å². The second-order valence-corrected chi connectivity index (χ2v) is 6.86. The van der Waals surface area contributed by atoms with E-state index in [0.717, 1.165) is 35.9 Å². The number of hydrogen-bond acceptors (Lipinski definition) is 4. The van der Waals surface area contributed by atoms with E-state index in [2.05, 4.69) is 5.43 Å². The summed E-state index contributed by atoms with van der Waals surface area (Å²) in [6, 6.07) is 10.4. The van der Waals surface area contributed by atoms with Crippen molar-refractivity contribution in [1.29, 1.82) is 0 Å². The van der Waals surface area contributed by atoms with Crippen LogP contribution in [0.5, 0.6) is 0 Å². The Balaban J connectivity index is 0.000000941. The molecule has 0 saturated carbocycles. The predicted octanol–water partition coefficient (Wildman–Crippen LogP) is 3.62. The lowest BCUT2D eigenvalue weighted by Crippen LogP contribution is -2.47. The SMILES string of the molecule is CC(=O)N(NC(=S)c1cc(F)cc(F)c1)C1CCOCc2ccccc21.CCN. The van der Waals surface area contributed by atoms with Crippen LogP contribution in [0.3, 0.4) is 0 Å². The first-order valence-electron chi connectivity index (χ1n) is 9.29. The highest BCUT2D eigenvalue weighted by Gasteiger charge is 2.28. The van der Waals surface area contributed by atoms with E-state index in [1.54, 1.807) is 0 Å². The summed E-state index contributed by atoms with van der Waals surface area (Å²) < 4.78 is 32.5. The largest absolute Gasteiger partial charge is 0.377 e. The molecule has 2 aromatic carbocycles. The van der Waals surface area contributed by atoms with E-state index in [0.29, 0.717) is 19.6 Å². The Hall–Kier alpha value is -2.42. The van der Waals surface area contributed by atoms with Gasteiger partial charge in [-0.15, -0.1) is 0 Å². The Labute approximate surface area is 174 Å². The minimum atomic E-state index is -0.730. The average molecular weight is 422 g/mol. The molecule has 0 spiro atoms. The smallest absolute Gasteiger partial charge is 0.238 e. The molecule has 156 valence electrons. The fraction of sp³-hybridized carbons (Fsp3) is 0.333. The molecule has 0 bridgehead atoms. The topological polar surface area (TPSA) is 67.6 Å². The summed E-state index contributed by atoms with van der Waals surface area (Å²) in [5.41, 5.74) is 9.82. The lowest BCUT2D eigenvalue weighted by Gasteiger charge is -2.32. The fourth-order valence-electron chi connectivity index (χ4n) is 3.03. The van der Waals surface area contributed by atoms with Crippen LogP contribution in [0.2, 0.25) is 0 Å². The van der Waals surface area contributed by atoms with Gasteiger partial charge in [0.2, 0.25) is 5.91 Å². The van der Waals surface area contributed by atoms with Crippen LogP contribution in [0.15, 0.2) is 42.5 Å². The van der Waals surface area contributed by atoms with Crippen LogP contribution in [0.1, 0.15) is 43.0 Å². The number of carbonyl (C=O) groups excluding carboxylic acids is 1. The van der Waals surface area contributed by atoms with E-state index in [1.807, 2.05) is 31.2 Å². The molecule has 1 atom stereocenters. The van der Waals surface area contributed by atoms with Crippen LogP contribution in [0.25, 0.3) is 0 Å². The van der Waals surface area contributed by atoms with E-state index >= 15 is 0 Å². The zero-order chi connectivity index (χ0) is 21.4. The first kappa shape index (κ1) is 22.9. The second-order valence-electron chi connectivity index (χ2n) is 6.45. The lowest BCUT2D eigenvalue weighted by atomic mass is 9.99. The molecule has 0 radical (unpaired) electrons. The number of halogens is 2. The first-order valence-corrected chi connectivity index (χ1v) is 9.70. The van der Waals surface area contributed by atoms with Gasteiger partial charge in [-0.25, -0.2) is 13.8 Å². The average Bonchev–Trinajstić information content (AvgIpc) is 2.88. The van der Waals surface area contributed by atoms with Crippen LogP contribution < -0.4 is 11.2 Å². The van der Waals surface area contributed by atoms with Gasteiger partial charge in [-0.3, -0.25) is 10.2 Å². The molecule has 2 aromatic rings. The highest BCUT2D eigenvalue weighted by molar-refractivity contribution is 7.80. The molecule has 1 aliphatic heterocycles. The maximum atomic E-state index is 13.5. The molecule has 1 unspecified atom stereocenters. The standard InChI is InChI=1S/C19H18F2N2O2S.C2H7N/c1-12(24)23(22-19(26)14-8-15(20)10-16(21)9-14)18-6-7-25-11-13-4-2-3-5-17(13)18;1-2-3/h2-5,8-10,18H,6-7,11H2,1H3,(H,22,26);2-3H2,1H3. The number of carbonyl (C=O) groups is 1. The summed E-state index contributed by atoms with van der Waals surface area (Å²) in [5.74, 6) is -1.72. The summed E-state index contributed by atoms with van der Waals surface area (Å²) in [7, 11) is 0. The van der Waals surface area contributed by atoms with Crippen LogP contribution in [-0.4, -0.2) is 29.1 Å². The quantitative estimate of drug-likeness (QED) is 0.573. The number of hydrogen-bond donors (Lipinski definition) is 2. The maximum Gasteiger partial charge on any atom is 0.238 e. The summed E-state index contributed by atoms with van der Waals surface area (Å²) in [4.78, 5) is 12.4. The molecule has 1 heterocycles. The summed E-state index contributed by atoms with van der Waals surface area (Å²) in [5, 5.41) is 1.40. The second kappa shape index (κ2) is 10.9. The van der Waals surface area contributed by atoms with Gasteiger partial charge in [-0.2, -0.15) is 0 Å². The predicted molar refractivity (Wildman–Crippen MR) is 112 cm³/mol. The van der Waals surface area contributed by atoms with E-state index in [9.17, 15) is 13.6 Å². The number of rotatable bonds is 2. The number of ether oxygens (including phenoxy) is 1. The highest BCUT2D eigenvalue weighted by atomic mass is 32.1. The van der Waals surface area contributed by atoms with Gasteiger partial charge in [-0.05, 0) is 36.2 Å². The minimum Gasteiger partial charge on any atom is -0.377 e. The molecule has 8 heteroatoms. The van der Waals surface area contributed by atoms with Crippen molar-refractivity contribution in [2.75, 3.05) is 13.2 Å². The Morgan fingerprint density at radius 1 is 1.28 bits per heavy atom. The Morgan fingerprint density at radius 3 is 2.52 bits per heavy atom. The van der Waals surface area contributed by atoms with Gasteiger partial charge < -0.3 is 10.5 Å². The van der Waals surface area contributed by atoms with Gasteiger partial charge in [0.05, 0.1) is 12.6 Å². The summed E-state index contributed by atoms with van der Waals surface area (Å²) in [6.07, 6.45) is 0.573. The van der Waals surface area contributed by atoms with Crippen molar-refractivity contribution in [3.05, 3.63) is 70.8 Å². The van der Waals surface area contributed by atoms with Gasteiger partial charge in [0.15, 0.2) is 0 Å². The van der Waals surface area contributed by atoms with Crippen LogP contribution in [0, 0.1) is 11.6 Å². The number of nitrogens with two attached hydrogens (primary N) is 1. The maximum absolute atomic E-state index is 13.5. The number of nitrogens with zero attached hydrogens (tertiary/aromatic N) is 1. The van der Waals surface area contributed by atoms with Gasteiger partial charge >= 0.3 is 0 Å². The monoisotopic (exact) mass is 421 g/mol. The normalized spacial score (nSPS) is 15.3. The van der Waals surface area contributed by atoms with Gasteiger partial charge in [0.1, 0.15) is 16.6 Å². The molecule has 3 rings (SSSR count). The van der Waals surface area contributed by atoms with Crippen molar-refractivity contribution in [1.82, 2.24) is 10.4 Å². The third-order valence-electron chi connectivity index (χ3n) is 4.20. The third-order valence-corrected chi connectivity index (χ3v) is 4.53. The molecule has 0 fully saturated rings. The molecular formula is C21H25F2N3O2S. The number of benzene rings is 2. The van der Waals surface area contributed by atoms with Crippen molar-refractivity contribution >= 4 is 23.1 Å². The van der Waals surface area contributed by atoms with E-state index in [1.165, 1.54) is 11.9 Å². The Kier molecular flexibility index (Phi) is 8.63. The molecule has 1 amide bonds. The van der Waals surface area contributed by atoms with Crippen molar-refractivity contribution in [3.63, 3.8) is 0 Å². The number of fused-ring (bicyclic) bond motifs is 1. The van der Waals surface area contributed by atoms with Gasteiger partial charge in [0, 0.05) is 25.2 Å². The summed E-state index contributed by atoms with van der Waals surface area (Å²) in [6.45, 7) is 5.01. The van der Waals surface area contributed by atoms with Crippen molar-refractivity contribution in [3.8, 4) is 0 Å². The van der Waals surface area contributed by atoms with E-state index < -0.39 is 11.6 Å². The fourth-order valence-corrected chi connectivity index (χ4v) is 3.24. The van der Waals surface area contributed by atoms with Crippen LogP contribution >= 0.6 is 12.2 Å². The Morgan fingerprint density at radius 2 is 1.90 bits per heavy atom. The first-order chi connectivity index (χ1) is 13.9. The molecule has 0 aromatic heterocycles. The summed E-state index contributed by atoms with van der Waals surface area (Å²) >= 11 is 5.27. The minimum absolute atomic E-state index is 0.0706. The van der Waals surface area contributed by atoms with E-state index in [4.69, 9.17) is 22.7 Å². The van der Waals surface area contributed by atoms with Crippen LogP contribution in [0.4, 0.5) is 8.78 Å². The highest BCUT2D eigenvalue weighted by Crippen LogP contribution is 2.30. The van der Waals surface area contributed by atoms with E-state index in [-0.39, 0.29) is 22.5 Å². The number of hydrazine groups is 1. The van der Waals surface area contributed by atoms with Crippen LogP contribution in [-0.2, 0) is 16.1 Å². The zero-order valence-corrected chi connectivity index (χ0v) is 17.3. The molecule has 1 aliphatic rings. The van der Waals surface area contributed by atoms with Gasteiger partial charge in [-0.1, -0.05) is 43.4 Å². The lowest BCUT2D eigenvalue weighted by molar-refractivity contribution is -0.133. The van der Waals surface area contributed by atoms with Crippen molar-refractivity contribution in [2.45, 2.75) is 32.9 Å². The molecule has 0 saturated heterocycles. The number of thiocarbonyl (C=S) groups is 1. The van der Waals surface area contributed by atoms with Gasteiger partial charge in [0.25, 0.3) is 0 Å². The Bertz CT molecular complexity index is 843. The molecule has 5 nitrogen and oxygen atoms in total. The molecule has 0 aliphatic carbocycles. The molecule has 3 N–H and O–H groups in total. The zero-order valence-electron chi connectivity index (χ0n) is 16.5.